The van der Waals surface area contributed by atoms with E-state index in [1.807, 2.05) is 62.1 Å². The average Bonchev–Trinajstić information content (AvgIpc) is 3.06. The number of hydrogen-bond acceptors (Lipinski definition) is 5. The van der Waals surface area contributed by atoms with Crippen molar-refractivity contribution < 1.29 is 4.79 Å². The molecule has 3 aromatic rings. The zero-order valence-electron chi connectivity index (χ0n) is 14.9. The summed E-state index contributed by atoms with van der Waals surface area (Å²) in [6.45, 7) is 5.88. The minimum atomic E-state index is -0.211. The minimum absolute atomic E-state index is 0.211. The van der Waals surface area contributed by atoms with Gasteiger partial charge in [0.2, 0.25) is 0 Å². The Kier molecular flexibility index (Phi) is 4.55. The molecular weight excluding hydrogens is 346 g/mol. The Morgan fingerprint density at radius 3 is 2.77 bits per heavy atom. The lowest BCUT2D eigenvalue weighted by molar-refractivity contribution is 0.102. The molecule has 0 saturated carbocycles. The van der Waals surface area contributed by atoms with Gasteiger partial charge in [0.05, 0.1) is 11.9 Å². The van der Waals surface area contributed by atoms with Crippen LogP contribution in [0.1, 0.15) is 21.7 Å². The molecule has 26 heavy (non-hydrogen) atoms. The van der Waals surface area contributed by atoms with Crippen LogP contribution < -0.4 is 10.2 Å². The number of rotatable bonds is 3. The summed E-state index contributed by atoms with van der Waals surface area (Å²) in [5, 5.41) is 7.40. The number of benzene rings is 1. The van der Waals surface area contributed by atoms with E-state index in [0.29, 0.717) is 5.69 Å². The molecule has 1 aliphatic heterocycles. The molecular formula is C19H21N5OS. The van der Waals surface area contributed by atoms with Crippen molar-refractivity contribution in [2.45, 2.75) is 13.8 Å². The van der Waals surface area contributed by atoms with E-state index in [2.05, 4.69) is 15.3 Å². The Morgan fingerprint density at radius 1 is 1.19 bits per heavy atom. The molecule has 1 saturated heterocycles. The van der Waals surface area contributed by atoms with Crippen LogP contribution in [0.5, 0.6) is 0 Å². The number of aromatic nitrogens is 3. The molecule has 0 radical (unpaired) electrons. The number of amides is 1. The van der Waals surface area contributed by atoms with Gasteiger partial charge in [-0.25, -0.2) is 9.50 Å². The van der Waals surface area contributed by atoms with Crippen molar-refractivity contribution >= 4 is 34.7 Å². The highest BCUT2D eigenvalue weighted by Gasteiger charge is 2.19. The van der Waals surface area contributed by atoms with Gasteiger partial charge in [-0.15, -0.1) is 0 Å². The van der Waals surface area contributed by atoms with E-state index in [1.165, 1.54) is 0 Å². The molecule has 2 aromatic heterocycles. The summed E-state index contributed by atoms with van der Waals surface area (Å²) in [5.74, 6) is 2.89. The quantitative estimate of drug-likeness (QED) is 0.770. The molecule has 0 unspecified atom stereocenters. The van der Waals surface area contributed by atoms with Crippen LogP contribution in [-0.4, -0.2) is 45.1 Å². The summed E-state index contributed by atoms with van der Waals surface area (Å²) in [5.41, 5.74) is 4.03. The summed E-state index contributed by atoms with van der Waals surface area (Å²) < 4.78 is 1.77. The van der Waals surface area contributed by atoms with Gasteiger partial charge in [-0.2, -0.15) is 16.9 Å². The highest BCUT2D eigenvalue weighted by atomic mass is 32.2. The Balaban J connectivity index is 1.67. The van der Waals surface area contributed by atoms with Crippen LogP contribution in [0, 0.1) is 13.8 Å². The van der Waals surface area contributed by atoms with Crippen molar-refractivity contribution in [2.75, 3.05) is 34.8 Å². The van der Waals surface area contributed by atoms with Crippen LogP contribution >= 0.6 is 11.8 Å². The maximum Gasteiger partial charge on any atom is 0.276 e. The first kappa shape index (κ1) is 16.9. The maximum atomic E-state index is 12.6. The van der Waals surface area contributed by atoms with E-state index in [1.54, 1.807) is 4.52 Å². The van der Waals surface area contributed by atoms with Crippen molar-refractivity contribution in [3.05, 3.63) is 53.5 Å². The summed E-state index contributed by atoms with van der Waals surface area (Å²) in [6, 6.07) is 9.57. The van der Waals surface area contributed by atoms with Crippen LogP contribution in [0.25, 0.3) is 5.52 Å². The summed E-state index contributed by atoms with van der Waals surface area (Å²) >= 11 is 1.96. The summed E-state index contributed by atoms with van der Waals surface area (Å²) in [4.78, 5) is 19.6. The van der Waals surface area contributed by atoms with Gasteiger partial charge in [0.15, 0.2) is 11.5 Å². The number of hydrogen-bond donors (Lipinski definition) is 1. The van der Waals surface area contributed by atoms with Gasteiger partial charge in [0, 0.05) is 36.3 Å². The molecule has 1 fully saturated rings. The van der Waals surface area contributed by atoms with Crippen LogP contribution in [0.15, 0.2) is 36.5 Å². The van der Waals surface area contributed by atoms with E-state index in [9.17, 15) is 4.79 Å². The van der Waals surface area contributed by atoms with Crippen molar-refractivity contribution in [3.63, 3.8) is 0 Å². The minimum Gasteiger partial charge on any atom is -0.353 e. The molecule has 0 aliphatic carbocycles. The molecule has 4 rings (SSSR count). The fraction of sp³-hybridized carbons (Fsp3) is 0.316. The molecule has 1 aromatic carbocycles. The second kappa shape index (κ2) is 6.99. The Morgan fingerprint density at radius 2 is 2.00 bits per heavy atom. The van der Waals surface area contributed by atoms with E-state index < -0.39 is 0 Å². The van der Waals surface area contributed by atoms with Crippen molar-refractivity contribution in [1.82, 2.24) is 14.6 Å². The lowest BCUT2D eigenvalue weighted by atomic mass is 10.2. The molecule has 6 nitrogen and oxygen atoms in total. The Labute approximate surface area is 156 Å². The number of nitrogens with zero attached hydrogens (tertiary/aromatic N) is 4. The second-order valence-electron chi connectivity index (χ2n) is 6.49. The number of fused-ring (bicyclic) bond motifs is 1. The summed E-state index contributed by atoms with van der Waals surface area (Å²) in [6.07, 6.45) is 1.86. The normalized spacial score (nSPS) is 14.6. The third kappa shape index (κ3) is 3.39. The van der Waals surface area contributed by atoms with Crippen LogP contribution in [0.4, 0.5) is 11.5 Å². The van der Waals surface area contributed by atoms with Crippen LogP contribution in [-0.2, 0) is 0 Å². The predicted molar refractivity (Wildman–Crippen MR) is 106 cm³/mol. The molecule has 134 valence electrons. The topological polar surface area (TPSA) is 62.5 Å². The van der Waals surface area contributed by atoms with E-state index in [-0.39, 0.29) is 5.91 Å². The summed E-state index contributed by atoms with van der Waals surface area (Å²) in [7, 11) is 0. The van der Waals surface area contributed by atoms with Crippen molar-refractivity contribution in [2.24, 2.45) is 0 Å². The van der Waals surface area contributed by atoms with Gasteiger partial charge < -0.3 is 10.2 Å². The fourth-order valence-electron chi connectivity index (χ4n) is 3.13. The second-order valence-corrected chi connectivity index (χ2v) is 7.71. The van der Waals surface area contributed by atoms with E-state index in [0.717, 1.165) is 52.9 Å². The largest absolute Gasteiger partial charge is 0.353 e. The number of carbonyl (C=O) groups is 1. The van der Waals surface area contributed by atoms with Gasteiger partial charge in [-0.1, -0.05) is 12.1 Å². The number of thioether (sulfide) groups is 1. The fourth-order valence-corrected chi connectivity index (χ4v) is 4.03. The third-order valence-electron chi connectivity index (χ3n) is 4.38. The first-order valence-electron chi connectivity index (χ1n) is 8.68. The third-order valence-corrected chi connectivity index (χ3v) is 5.32. The zero-order chi connectivity index (χ0) is 18.1. The lowest BCUT2D eigenvalue weighted by Crippen LogP contribution is -2.33. The Hall–Kier alpha value is -2.54. The number of carbonyl (C=O) groups excluding carboxylic acids is 1. The van der Waals surface area contributed by atoms with E-state index >= 15 is 0 Å². The SMILES string of the molecule is Cc1cccc(NC(=O)c2cc3c(N4CCSCC4)nc(C)cn3n2)c1. The van der Waals surface area contributed by atoms with Crippen molar-refractivity contribution in [1.29, 1.82) is 0 Å². The molecule has 1 amide bonds. The zero-order valence-corrected chi connectivity index (χ0v) is 15.7. The van der Waals surface area contributed by atoms with Crippen LogP contribution in [0.3, 0.4) is 0 Å². The van der Waals surface area contributed by atoms with Crippen molar-refractivity contribution in [3.8, 4) is 0 Å². The van der Waals surface area contributed by atoms with E-state index in [4.69, 9.17) is 4.98 Å². The number of aryl methyl sites for hydroxylation is 2. The maximum absolute atomic E-state index is 12.6. The molecule has 0 atom stereocenters. The highest BCUT2D eigenvalue weighted by Crippen LogP contribution is 2.24. The van der Waals surface area contributed by atoms with Gasteiger partial charge >= 0.3 is 0 Å². The molecule has 0 bridgehead atoms. The number of anilines is 2. The predicted octanol–water partition coefficient (Wildman–Crippen LogP) is 3.15. The standard InChI is InChI=1S/C19H21N5OS/c1-13-4-3-5-15(10-13)21-19(25)16-11-17-18(23-6-8-26-9-7-23)20-14(2)12-24(17)22-16/h3-5,10-12H,6-9H2,1-2H3,(H,21,25). The lowest BCUT2D eigenvalue weighted by Gasteiger charge is -2.28. The smallest absolute Gasteiger partial charge is 0.276 e. The average molecular weight is 367 g/mol. The molecule has 1 N–H and O–H groups in total. The van der Waals surface area contributed by atoms with Gasteiger partial charge in [-0.3, -0.25) is 4.79 Å². The monoisotopic (exact) mass is 367 g/mol. The molecule has 0 spiro atoms. The number of nitrogens with one attached hydrogen (secondary N) is 1. The van der Waals surface area contributed by atoms with Gasteiger partial charge in [-0.05, 0) is 31.5 Å². The molecule has 7 heteroatoms. The molecule has 3 heterocycles. The first-order chi connectivity index (χ1) is 12.6. The Bertz CT molecular complexity index is 962. The van der Waals surface area contributed by atoms with Gasteiger partial charge in [0.25, 0.3) is 5.91 Å². The van der Waals surface area contributed by atoms with Gasteiger partial charge in [0.1, 0.15) is 5.52 Å². The molecule has 1 aliphatic rings. The highest BCUT2D eigenvalue weighted by molar-refractivity contribution is 7.99. The van der Waals surface area contributed by atoms with Crippen LogP contribution in [0.2, 0.25) is 0 Å². The first-order valence-corrected chi connectivity index (χ1v) is 9.83.